The van der Waals surface area contributed by atoms with Crippen molar-refractivity contribution in [3.63, 3.8) is 0 Å². The number of unbranched alkanes of at least 4 members (excludes halogenated alkanes) is 1. The molecule has 0 bridgehead atoms. The highest BCUT2D eigenvalue weighted by molar-refractivity contribution is 6.12. The second kappa shape index (κ2) is 11.0. The lowest BCUT2D eigenvalue weighted by Gasteiger charge is -2.12. The second-order valence-corrected chi connectivity index (χ2v) is 6.83. The molecule has 0 atom stereocenters. The first kappa shape index (κ1) is 23.0. The predicted octanol–water partition coefficient (Wildman–Crippen LogP) is 5.13. The van der Waals surface area contributed by atoms with Gasteiger partial charge in [-0.25, -0.2) is 0 Å². The van der Waals surface area contributed by atoms with Crippen molar-refractivity contribution in [1.82, 2.24) is 0 Å². The van der Waals surface area contributed by atoms with Crippen LogP contribution in [-0.2, 0) is 4.79 Å². The van der Waals surface area contributed by atoms with E-state index in [1.54, 1.807) is 57.6 Å². The molecule has 0 heterocycles. The molecular weight excluding hydrogens is 382 g/mol. The number of carbonyl (C=O) groups is 2. The van der Waals surface area contributed by atoms with Crippen LogP contribution in [-0.4, -0.2) is 33.0 Å². The van der Waals surface area contributed by atoms with Crippen molar-refractivity contribution in [1.29, 1.82) is 0 Å². The second-order valence-electron chi connectivity index (χ2n) is 6.83. The quantitative estimate of drug-likeness (QED) is 0.433. The number of benzene rings is 2. The van der Waals surface area contributed by atoms with Gasteiger partial charge in [-0.2, -0.15) is 0 Å². The molecule has 0 aliphatic rings. The Morgan fingerprint density at radius 3 is 2.30 bits per heavy atom. The molecule has 6 heteroatoms. The molecule has 0 aliphatic carbocycles. The third kappa shape index (κ3) is 5.86. The Kier molecular flexibility index (Phi) is 8.47. The van der Waals surface area contributed by atoms with E-state index in [-0.39, 0.29) is 11.7 Å². The van der Waals surface area contributed by atoms with Crippen LogP contribution in [0.15, 0.2) is 42.0 Å². The van der Waals surface area contributed by atoms with E-state index in [9.17, 15) is 9.59 Å². The molecular formula is C24H29NO5. The summed E-state index contributed by atoms with van der Waals surface area (Å²) in [5, 5.41) is 2.89. The van der Waals surface area contributed by atoms with Gasteiger partial charge in [0.15, 0.2) is 5.78 Å². The van der Waals surface area contributed by atoms with E-state index in [4.69, 9.17) is 14.2 Å². The van der Waals surface area contributed by atoms with E-state index in [0.29, 0.717) is 40.5 Å². The first-order valence-electron chi connectivity index (χ1n) is 9.86. The average Bonchev–Trinajstić information content (AvgIpc) is 2.76. The van der Waals surface area contributed by atoms with Crippen LogP contribution in [0.5, 0.6) is 17.2 Å². The minimum absolute atomic E-state index is 0.0646. The van der Waals surface area contributed by atoms with E-state index >= 15 is 0 Å². The lowest BCUT2D eigenvalue weighted by Crippen LogP contribution is -2.12. The zero-order chi connectivity index (χ0) is 22.1. The number of hydrogen-bond donors (Lipinski definition) is 1. The molecule has 0 radical (unpaired) electrons. The van der Waals surface area contributed by atoms with Crippen molar-refractivity contribution in [3.8, 4) is 17.2 Å². The first-order valence-corrected chi connectivity index (χ1v) is 9.86. The molecule has 2 rings (SSSR count). The Morgan fingerprint density at radius 2 is 1.67 bits per heavy atom. The minimum Gasteiger partial charge on any atom is -0.497 e. The molecule has 6 nitrogen and oxygen atoms in total. The normalized spacial score (nSPS) is 11.0. The molecule has 0 fully saturated rings. The summed E-state index contributed by atoms with van der Waals surface area (Å²) in [4.78, 5) is 25.1. The maximum atomic E-state index is 13.0. The zero-order valence-corrected chi connectivity index (χ0v) is 18.2. The number of ether oxygens (including phenoxy) is 3. The summed E-state index contributed by atoms with van der Waals surface area (Å²) < 4.78 is 15.9. The molecule has 0 saturated heterocycles. The molecule has 2 aromatic carbocycles. The van der Waals surface area contributed by atoms with Crippen LogP contribution < -0.4 is 19.5 Å². The summed E-state index contributed by atoms with van der Waals surface area (Å²) in [7, 11) is 4.62. The maximum Gasteiger partial charge on any atom is 0.224 e. The summed E-state index contributed by atoms with van der Waals surface area (Å²) in [5.74, 6) is 1.39. The van der Waals surface area contributed by atoms with Gasteiger partial charge in [0.2, 0.25) is 5.91 Å². The summed E-state index contributed by atoms with van der Waals surface area (Å²) in [6.07, 6.45) is 3.99. The van der Waals surface area contributed by atoms with Gasteiger partial charge in [-0.05, 0) is 60.9 Å². The standard InChI is InChI=1S/C24H29NO5/c1-6-7-8-23(26)25-20-14-17(9-11-22(20)30-5)13-16(2)24(27)19-15-18(28-3)10-12-21(19)29-4/h9-15H,6-8H2,1-5H3,(H,25,26). The van der Waals surface area contributed by atoms with Crippen molar-refractivity contribution in [2.24, 2.45) is 0 Å². The van der Waals surface area contributed by atoms with Crippen LogP contribution in [0.4, 0.5) is 5.69 Å². The van der Waals surface area contributed by atoms with E-state index in [2.05, 4.69) is 5.32 Å². The maximum absolute atomic E-state index is 13.0. The van der Waals surface area contributed by atoms with E-state index in [1.807, 2.05) is 13.0 Å². The minimum atomic E-state index is -0.171. The third-order valence-corrected chi connectivity index (χ3v) is 4.65. The van der Waals surface area contributed by atoms with Crippen molar-refractivity contribution < 1.29 is 23.8 Å². The largest absolute Gasteiger partial charge is 0.497 e. The van der Waals surface area contributed by atoms with Gasteiger partial charge in [-0.1, -0.05) is 19.4 Å². The van der Waals surface area contributed by atoms with Crippen LogP contribution in [0.1, 0.15) is 49.0 Å². The molecule has 0 unspecified atom stereocenters. The number of anilines is 1. The van der Waals surface area contributed by atoms with Crippen molar-refractivity contribution in [2.75, 3.05) is 26.6 Å². The van der Waals surface area contributed by atoms with Gasteiger partial charge in [-0.3, -0.25) is 9.59 Å². The van der Waals surface area contributed by atoms with E-state index in [1.165, 1.54) is 7.11 Å². The highest BCUT2D eigenvalue weighted by Crippen LogP contribution is 2.29. The van der Waals surface area contributed by atoms with Gasteiger partial charge < -0.3 is 19.5 Å². The van der Waals surface area contributed by atoms with Gasteiger partial charge in [0.25, 0.3) is 0 Å². The fraction of sp³-hybridized carbons (Fsp3) is 0.333. The van der Waals surface area contributed by atoms with Gasteiger partial charge in [0, 0.05) is 6.42 Å². The van der Waals surface area contributed by atoms with Crippen molar-refractivity contribution in [2.45, 2.75) is 33.1 Å². The van der Waals surface area contributed by atoms with Crippen LogP contribution in [0.25, 0.3) is 6.08 Å². The number of allylic oxidation sites excluding steroid dienone is 1. The Labute approximate surface area is 177 Å². The average molecular weight is 411 g/mol. The Morgan fingerprint density at radius 1 is 0.967 bits per heavy atom. The number of ketones is 1. The molecule has 30 heavy (non-hydrogen) atoms. The van der Waals surface area contributed by atoms with Crippen LogP contribution in [0, 0.1) is 0 Å². The van der Waals surface area contributed by atoms with Gasteiger partial charge in [0.1, 0.15) is 17.2 Å². The van der Waals surface area contributed by atoms with Crippen LogP contribution >= 0.6 is 0 Å². The van der Waals surface area contributed by atoms with Gasteiger partial charge in [-0.15, -0.1) is 0 Å². The smallest absolute Gasteiger partial charge is 0.224 e. The van der Waals surface area contributed by atoms with Crippen molar-refractivity contribution >= 4 is 23.5 Å². The molecule has 160 valence electrons. The monoisotopic (exact) mass is 411 g/mol. The Balaban J connectivity index is 2.32. The topological polar surface area (TPSA) is 73.9 Å². The van der Waals surface area contributed by atoms with E-state index in [0.717, 1.165) is 18.4 Å². The molecule has 0 saturated carbocycles. The number of carbonyl (C=O) groups excluding carboxylic acids is 2. The predicted molar refractivity (Wildman–Crippen MR) is 119 cm³/mol. The fourth-order valence-electron chi connectivity index (χ4n) is 2.98. The van der Waals surface area contributed by atoms with E-state index < -0.39 is 0 Å². The SMILES string of the molecule is CCCCC(=O)Nc1cc(C=C(C)C(=O)c2cc(OC)ccc2OC)ccc1OC. The van der Waals surface area contributed by atoms with Gasteiger partial charge >= 0.3 is 0 Å². The van der Waals surface area contributed by atoms with Crippen LogP contribution in [0.2, 0.25) is 0 Å². The lowest BCUT2D eigenvalue weighted by molar-refractivity contribution is -0.116. The first-order chi connectivity index (χ1) is 14.4. The lowest BCUT2D eigenvalue weighted by atomic mass is 10.0. The van der Waals surface area contributed by atoms with Crippen molar-refractivity contribution in [3.05, 3.63) is 53.1 Å². The number of Topliss-reactive ketones (excluding diaryl/α,β-unsaturated/α-hetero) is 1. The Bertz CT molecular complexity index is 933. The summed E-state index contributed by atoms with van der Waals surface area (Å²) in [6.45, 7) is 3.78. The number of rotatable bonds is 10. The highest BCUT2D eigenvalue weighted by atomic mass is 16.5. The third-order valence-electron chi connectivity index (χ3n) is 4.65. The summed E-state index contributed by atoms with van der Waals surface area (Å²) >= 11 is 0. The molecule has 2 aromatic rings. The number of nitrogens with one attached hydrogen (secondary N) is 1. The zero-order valence-electron chi connectivity index (χ0n) is 18.2. The van der Waals surface area contributed by atoms with Crippen LogP contribution in [0.3, 0.4) is 0 Å². The molecule has 0 spiro atoms. The fourth-order valence-corrected chi connectivity index (χ4v) is 2.98. The molecule has 1 N–H and O–H groups in total. The molecule has 0 aromatic heterocycles. The Hall–Kier alpha value is -3.28. The number of hydrogen-bond acceptors (Lipinski definition) is 5. The van der Waals surface area contributed by atoms with Gasteiger partial charge in [0.05, 0.1) is 32.6 Å². The summed E-state index contributed by atoms with van der Waals surface area (Å²) in [5.41, 5.74) is 2.29. The highest BCUT2D eigenvalue weighted by Gasteiger charge is 2.16. The molecule has 0 aliphatic heterocycles. The molecule has 1 amide bonds. The summed E-state index contributed by atoms with van der Waals surface area (Å²) in [6, 6.07) is 10.5. The number of amides is 1. The number of methoxy groups -OCH3 is 3.